The summed E-state index contributed by atoms with van der Waals surface area (Å²) < 4.78 is 11.5. The number of rotatable bonds is 9. The third-order valence-electron chi connectivity index (χ3n) is 4.08. The number of hydrogen-bond donors (Lipinski definition) is 2. The van der Waals surface area contributed by atoms with Crippen molar-refractivity contribution in [3.63, 3.8) is 0 Å². The lowest BCUT2D eigenvalue weighted by atomic mass is 10.2. The van der Waals surface area contributed by atoms with Crippen molar-refractivity contribution in [1.29, 1.82) is 0 Å². The van der Waals surface area contributed by atoms with Crippen LogP contribution in [0.4, 0.5) is 0 Å². The van der Waals surface area contributed by atoms with Gasteiger partial charge in [-0.1, -0.05) is 41.4 Å². The smallest absolute Gasteiger partial charge is 0.304 e. The minimum atomic E-state index is -0.906. The first-order valence-corrected chi connectivity index (χ1v) is 10.9. The summed E-state index contributed by atoms with van der Waals surface area (Å²) in [7, 11) is 1.52. The molecular formula is C19H18N2O6S3. The summed E-state index contributed by atoms with van der Waals surface area (Å²) >= 11 is 7.51. The van der Waals surface area contributed by atoms with Crippen LogP contribution in [0.5, 0.6) is 11.5 Å². The highest BCUT2D eigenvalue weighted by Gasteiger charge is 2.31. The van der Waals surface area contributed by atoms with E-state index in [0.29, 0.717) is 27.1 Å². The summed E-state index contributed by atoms with van der Waals surface area (Å²) in [6, 6.07) is 5.26. The van der Waals surface area contributed by atoms with Crippen LogP contribution in [0.15, 0.2) is 34.1 Å². The van der Waals surface area contributed by atoms with Crippen molar-refractivity contribution in [1.82, 2.24) is 9.88 Å². The fourth-order valence-electron chi connectivity index (χ4n) is 2.66. The molecule has 0 spiro atoms. The minimum absolute atomic E-state index is 0.0194. The maximum Gasteiger partial charge on any atom is 0.304 e. The minimum Gasteiger partial charge on any atom is -0.493 e. The van der Waals surface area contributed by atoms with Gasteiger partial charge >= 0.3 is 10.8 Å². The molecule has 2 aromatic rings. The molecule has 0 atom stereocenters. The molecule has 0 bridgehead atoms. The molecule has 1 aliphatic rings. The van der Waals surface area contributed by atoms with Crippen molar-refractivity contribution >= 4 is 57.6 Å². The van der Waals surface area contributed by atoms with E-state index in [2.05, 4.69) is 4.98 Å². The number of hydrogen-bond acceptors (Lipinski definition) is 8. The number of aromatic amines is 1. The number of aromatic nitrogens is 1. The molecule has 8 nitrogen and oxygen atoms in total. The van der Waals surface area contributed by atoms with Crippen molar-refractivity contribution < 1.29 is 24.2 Å². The van der Waals surface area contributed by atoms with Crippen molar-refractivity contribution in [3.8, 4) is 11.5 Å². The van der Waals surface area contributed by atoms with E-state index in [4.69, 9.17) is 26.8 Å². The highest BCUT2D eigenvalue weighted by Crippen LogP contribution is 2.35. The molecule has 1 amide bonds. The lowest BCUT2D eigenvalue weighted by Crippen LogP contribution is -2.29. The van der Waals surface area contributed by atoms with Gasteiger partial charge in [0.05, 0.1) is 16.9 Å². The van der Waals surface area contributed by atoms with Gasteiger partial charge < -0.3 is 19.6 Å². The van der Waals surface area contributed by atoms with Gasteiger partial charge in [0.25, 0.3) is 5.91 Å². The molecule has 11 heteroatoms. The molecule has 0 saturated carbocycles. The van der Waals surface area contributed by atoms with Crippen LogP contribution in [0.3, 0.4) is 0 Å². The molecule has 30 heavy (non-hydrogen) atoms. The molecule has 2 N–H and O–H groups in total. The number of carbonyl (C=O) groups is 2. The number of thioether (sulfide) groups is 1. The van der Waals surface area contributed by atoms with Crippen LogP contribution in [-0.4, -0.2) is 44.8 Å². The standard InChI is InChI=1S/C19H18N2O6S3/c1-26-14-7-11(4-5-13(14)27-10-12-9-20-18(25)29-12)8-15-17(24)21(19(28)30-15)6-2-3-16(22)23/h4-5,7-9H,2-3,6,10H2,1H3,(H,20,25)(H,22,23). The number of nitrogens with zero attached hydrogens (tertiary/aromatic N) is 1. The Kier molecular flexibility index (Phi) is 7.29. The summed E-state index contributed by atoms with van der Waals surface area (Å²) in [5.41, 5.74) is 0.733. The van der Waals surface area contributed by atoms with E-state index in [1.165, 1.54) is 23.8 Å². The van der Waals surface area contributed by atoms with Gasteiger partial charge in [0.1, 0.15) is 10.9 Å². The fourth-order valence-corrected chi connectivity index (χ4v) is 4.56. The molecule has 2 heterocycles. The van der Waals surface area contributed by atoms with Gasteiger partial charge in [0.15, 0.2) is 11.5 Å². The number of thiazole rings is 1. The van der Waals surface area contributed by atoms with Crippen LogP contribution in [-0.2, 0) is 16.2 Å². The van der Waals surface area contributed by atoms with E-state index in [1.807, 2.05) is 0 Å². The highest BCUT2D eigenvalue weighted by molar-refractivity contribution is 8.26. The lowest BCUT2D eigenvalue weighted by molar-refractivity contribution is -0.137. The molecule has 1 aromatic carbocycles. The number of benzene rings is 1. The van der Waals surface area contributed by atoms with E-state index < -0.39 is 5.97 Å². The first-order valence-electron chi connectivity index (χ1n) is 8.83. The number of thiocarbonyl (C=S) groups is 1. The summed E-state index contributed by atoms with van der Waals surface area (Å²) in [5.74, 6) is -0.145. The zero-order chi connectivity index (χ0) is 21.7. The Morgan fingerprint density at radius 1 is 1.33 bits per heavy atom. The number of carboxylic acid groups (broad SMARTS) is 1. The molecule has 1 fully saturated rings. The number of aliphatic carboxylic acids is 1. The molecule has 1 saturated heterocycles. The van der Waals surface area contributed by atoms with E-state index in [-0.39, 0.29) is 30.4 Å². The van der Waals surface area contributed by atoms with Gasteiger partial charge in [0, 0.05) is 19.2 Å². The summed E-state index contributed by atoms with van der Waals surface area (Å²) in [4.78, 5) is 39.5. The number of ether oxygens (including phenoxy) is 2. The van der Waals surface area contributed by atoms with E-state index in [0.717, 1.165) is 21.8 Å². The van der Waals surface area contributed by atoms with Crippen LogP contribution < -0.4 is 14.3 Å². The number of carboxylic acids is 1. The van der Waals surface area contributed by atoms with E-state index in [1.54, 1.807) is 30.5 Å². The monoisotopic (exact) mass is 466 g/mol. The molecule has 1 aromatic heterocycles. The van der Waals surface area contributed by atoms with Gasteiger partial charge in [-0.3, -0.25) is 19.3 Å². The van der Waals surface area contributed by atoms with Gasteiger partial charge in [-0.15, -0.1) is 0 Å². The normalized spacial score (nSPS) is 15.1. The first-order chi connectivity index (χ1) is 14.4. The lowest BCUT2D eigenvalue weighted by Gasteiger charge is -2.13. The number of H-pyrrole nitrogens is 1. The molecule has 0 unspecified atom stereocenters. The summed E-state index contributed by atoms with van der Waals surface area (Å²) in [5, 5.41) is 8.75. The number of methoxy groups -OCH3 is 1. The van der Waals surface area contributed by atoms with Gasteiger partial charge in [-0.25, -0.2) is 0 Å². The fraction of sp³-hybridized carbons (Fsp3) is 0.263. The third kappa shape index (κ3) is 5.49. The average molecular weight is 467 g/mol. The second kappa shape index (κ2) is 9.92. The van der Waals surface area contributed by atoms with Crippen molar-refractivity contribution in [2.75, 3.05) is 13.7 Å². The Bertz CT molecular complexity index is 1060. The van der Waals surface area contributed by atoms with Crippen molar-refractivity contribution in [2.24, 2.45) is 0 Å². The zero-order valence-electron chi connectivity index (χ0n) is 15.9. The van der Waals surface area contributed by atoms with Crippen molar-refractivity contribution in [3.05, 3.63) is 49.4 Å². The molecule has 158 valence electrons. The van der Waals surface area contributed by atoms with E-state index in [9.17, 15) is 14.4 Å². The second-order valence-electron chi connectivity index (χ2n) is 6.17. The second-order valence-corrected chi connectivity index (χ2v) is 8.95. The Balaban J connectivity index is 1.70. The molecular weight excluding hydrogens is 448 g/mol. The Labute approximate surface area is 185 Å². The Morgan fingerprint density at radius 3 is 2.80 bits per heavy atom. The van der Waals surface area contributed by atoms with Crippen LogP contribution in [0.2, 0.25) is 0 Å². The van der Waals surface area contributed by atoms with Crippen LogP contribution in [0, 0.1) is 0 Å². The van der Waals surface area contributed by atoms with Crippen molar-refractivity contribution in [2.45, 2.75) is 19.4 Å². The number of amides is 1. The Morgan fingerprint density at radius 2 is 2.13 bits per heavy atom. The van der Waals surface area contributed by atoms with Crippen LogP contribution >= 0.6 is 35.3 Å². The average Bonchev–Trinajstić information content (AvgIpc) is 3.24. The Hall–Kier alpha value is -2.63. The first kappa shape index (κ1) is 22.1. The topological polar surface area (TPSA) is 109 Å². The number of nitrogens with one attached hydrogen (secondary N) is 1. The third-order valence-corrected chi connectivity index (χ3v) is 6.26. The SMILES string of the molecule is COc1cc(C=C2SC(=S)N(CCCC(=O)O)C2=O)ccc1OCc1c[nH]c(=O)s1. The predicted molar refractivity (Wildman–Crippen MR) is 119 cm³/mol. The summed E-state index contributed by atoms with van der Waals surface area (Å²) in [6.07, 6.45) is 3.63. The maximum atomic E-state index is 12.6. The highest BCUT2D eigenvalue weighted by atomic mass is 32.2. The maximum absolute atomic E-state index is 12.6. The quantitative estimate of drug-likeness (QED) is 0.429. The predicted octanol–water partition coefficient (Wildman–Crippen LogP) is 3.09. The van der Waals surface area contributed by atoms with Gasteiger partial charge in [0.2, 0.25) is 0 Å². The molecule has 3 rings (SSSR count). The largest absolute Gasteiger partial charge is 0.493 e. The van der Waals surface area contributed by atoms with Gasteiger partial charge in [-0.05, 0) is 30.2 Å². The van der Waals surface area contributed by atoms with E-state index >= 15 is 0 Å². The molecule has 0 aliphatic carbocycles. The zero-order valence-corrected chi connectivity index (χ0v) is 18.3. The van der Waals surface area contributed by atoms with Crippen LogP contribution in [0.25, 0.3) is 6.08 Å². The molecule has 0 radical (unpaired) electrons. The van der Waals surface area contributed by atoms with Gasteiger partial charge in [-0.2, -0.15) is 0 Å². The number of carbonyl (C=O) groups excluding carboxylic acids is 1. The molecule has 1 aliphatic heterocycles. The summed E-state index contributed by atoms with van der Waals surface area (Å²) in [6.45, 7) is 0.504. The van der Waals surface area contributed by atoms with Crippen LogP contribution in [0.1, 0.15) is 23.3 Å².